The van der Waals surface area contributed by atoms with Gasteiger partial charge < -0.3 is 24.7 Å². The maximum atomic E-state index is 11.9. The fourth-order valence-electron chi connectivity index (χ4n) is 4.25. The van der Waals surface area contributed by atoms with Crippen molar-refractivity contribution in [3.05, 3.63) is 51.9 Å². The molecule has 1 aliphatic rings. The number of H-pyrrole nitrogens is 1. The van der Waals surface area contributed by atoms with Gasteiger partial charge in [0.05, 0.1) is 11.0 Å². The van der Waals surface area contributed by atoms with Crippen LogP contribution in [0, 0.1) is 12.8 Å². The molecule has 1 saturated heterocycles. The maximum Gasteiger partial charge on any atom is 0.320 e. The van der Waals surface area contributed by atoms with E-state index >= 15 is 0 Å². The number of aryl methyl sites for hydroxylation is 1. The van der Waals surface area contributed by atoms with Crippen LogP contribution in [0.5, 0.6) is 0 Å². The van der Waals surface area contributed by atoms with Crippen LogP contribution in [-0.2, 0) is 22.6 Å². The number of carboxylic acids is 1. The molecule has 1 aliphatic heterocycles. The van der Waals surface area contributed by atoms with E-state index in [1.54, 1.807) is 13.1 Å². The number of fused-ring (bicyclic) bond motifs is 1. The molecule has 1 atom stereocenters. The lowest BCUT2D eigenvalue weighted by Gasteiger charge is -2.23. The summed E-state index contributed by atoms with van der Waals surface area (Å²) in [4.78, 5) is 30.9. The maximum absolute atomic E-state index is 11.9. The number of pyridine rings is 1. The molecular formula is C24H30N4O4. The van der Waals surface area contributed by atoms with Crippen molar-refractivity contribution in [1.29, 1.82) is 0 Å². The predicted molar refractivity (Wildman–Crippen MR) is 123 cm³/mol. The van der Waals surface area contributed by atoms with Crippen molar-refractivity contribution in [3.8, 4) is 11.4 Å². The first-order valence-electron chi connectivity index (χ1n) is 11.2. The van der Waals surface area contributed by atoms with Gasteiger partial charge in [-0.25, -0.2) is 4.98 Å². The number of rotatable bonds is 8. The highest BCUT2D eigenvalue weighted by Gasteiger charge is 2.20. The number of hydrogen-bond donors (Lipinski definition) is 3. The number of aliphatic carboxylic acids is 1. The van der Waals surface area contributed by atoms with Crippen LogP contribution in [0.25, 0.3) is 22.4 Å². The van der Waals surface area contributed by atoms with Crippen LogP contribution in [0.15, 0.2) is 35.3 Å². The Bertz CT molecular complexity index is 1160. The molecule has 0 amide bonds. The van der Waals surface area contributed by atoms with E-state index in [0.717, 1.165) is 60.6 Å². The van der Waals surface area contributed by atoms with Crippen LogP contribution in [0.4, 0.5) is 0 Å². The molecule has 1 unspecified atom stereocenters. The van der Waals surface area contributed by atoms with Gasteiger partial charge in [-0.15, -0.1) is 0 Å². The summed E-state index contributed by atoms with van der Waals surface area (Å²) < 4.78 is 7.76. The second-order valence-corrected chi connectivity index (χ2v) is 8.51. The van der Waals surface area contributed by atoms with Crippen molar-refractivity contribution < 1.29 is 14.6 Å². The summed E-state index contributed by atoms with van der Waals surface area (Å²) in [5, 5.41) is 12.4. The van der Waals surface area contributed by atoms with Gasteiger partial charge in [0.15, 0.2) is 0 Å². The van der Waals surface area contributed by atoms with Gasteiger partial charge in [-0.3, -0.25) is 9.59 Å². The molecule has 32 heavy (non-hydrogen) atoms. The number of nitrogens with one attached hydrogen (secondary N) is 2. The van der Waals surface area contributed by atoms with Crippen LogP contribution < -0.4 is 10.9 Å². The molecule has 3 heterocycles. The third kappa shape index (κ3) is 4.76. The summed E-state index contributed by atoms with van der Waals surface area (Å²) in [6, 6.07) is 7.40. The van der Waals surface area contributed by atoms with Gasteiger partial charge >= 0.3 is 5.97 Å². The summed E-state index contributed by atoms with van der Waals surface area (Å²) in [5.41, 5.74) is 4.30. The van der Waals surface area contributed by atoms with Gasteiger partial charge in [0.2, 0.25) is 0 Å². The smallest absolute Gasteiger partial charge is 0.320 e. The highest BCUT2D eigenvalue weighted by atomic mass is 16.5. The van der Waals surface area contributed by atoms with E-state index in [4.69, 9.17) is 9.72 Å². The highest BCUT2D eigenvalue weighted by Crippen LogP contribution is 2.28. The number of carbonyl (C=O) groups is 1. The van der Waals surface area contributed by atoms with E-state index in [1.807, 2.05) is 25.1 Å². The molecule has 8 nitrogen and oxygen atoms in total. The number of aromatic amines is 1. The number of imidazole rings is 1. The average molecular weight is 439 g/mol. The summed E-state index contributed by atoms with van der Waals surface area (Å²) in [6.07, 6.45) is 4.27. The number of nitrogens with zero attached hydrogens (tertiary/aromatic N) is 2. The Morgan fingerprint density at radius 2 is 2.12 bits per heavy atom. The first-order valence-corrected chi connectivity index (χ1v) is 11.2. The molecular weight excluding hydrogens is 408 g/mol. The Balaban J connectivity index is 1.70. The minimum Gasteiger partial charge on any atom is -0.480 e. The molecule has 0 bridgehead atoms. The highest BCUT2D eigenvalue weighted by molar-refractivity contribution is 5.81. The number of carboxylic acid groups (broad SMARTS) is 1. The van der Waals surface area contributed by atoms with E-state index in [-0.39, 0.29) is 5.56 Å². The minimum absolute atomic E-state index is 0.0990. The van der Waals surface area contributed by atoms with Gasteiger partial charge in [0.25, 0.3) is 5.56 Å². The largest absolute Gasteiger partial charge is 0.480 e. The molecule has 0 aliphatic carbocycles. The SMILES string of the molecule is CCC(NCc1ccc2c(c1)nc(-c1c[nH]c(=O)c(C)c1)n2CC1CCOCC1)C(=O)O. The van der Waals surface area contributed by atoms with Crippen LogP contribution in [0.3, 0.4) is 0 Å². The summed E-state index contributed by atoms with van der Waals surface area (Å²) in [5.74, 6) is 0.490. The van der Waals surface area contributed by atoms with Gasteiger partial charge in [-0.2, -0.15) is 0 Å². The van der Waals surface area contributed by atoms with E-state index in [9.17, 15) is 14.7 Å². The summed E-state index contributed by atoms with van der Waals surface area (Å²) in [6.45, 7) is 6.50. The van der Waals surface area contributed by atoms with Crippen LogP contribution in [-0.4, -0.2) is 44.9 Å². The number of aromatic nitrogens is 3. The molecule has 3 aromatic rings. The second kappa shape index (κ2) is 9.67. The fraction of sp³-hybridized carbons (Fsp3) is 0.458. The molecule has 1 fully saturated rings. The van der Waals surface area contributed by atoms with Crippen molar-refractivity contribution in [2.24, 2.45) is 5.92 Å². The molecule has 4 rings (SSSR count). The third-order valence-corrected chi connectivity index (χ3v) is 6.20. The lowest BCUT2D eigenvalue weighted by Crippen LogP contribution is -2.35. The van der Waals surface area contributed by atoms with Gasteiger partial charge in [-0.1, -0.05) is 13.0 Å². The Labute approximate surface area is 186 Å². The normalized spacial score (nSPS) is 15.8. The van der Waals surface area contributed by atoms with E-state index in [0.29, 0.717) is 24.4 Å². The van der Waals surface area contributed by atoms with Gasteiger partial charge in [0.1, 0.15) is 11.9 Å². The van der Waals surface area contributed by atoms with Crippen molar-refractivity contribution in [2.45, 2.75) is 52.2 Å². The zero-order chi connectivity index (χ0) is 22.7. The molecule has 0 saturated carbocycles. The lowest BCUT2D eigenvalue weighted by molar-refractivity contribution is -0.139. The molecule has 170 valence electrons. The van der Waals surface area contributed by atoms with Crippen molar-refractivity contribution in [3.63, 3.8) is 0 Å². The summed E-state index contributed by atoms with van der Waals surface area (Å²) >= 11 is 0. The van der Waals surface area contributed by atoms with Crippen LogP contribution in [0.1, 0.15) is 37.3 Å². The number of hydrogen-bond acceptors (Lipinski definition) is 5. The third-order valence-electron chi connectivity index (χ3n) is 6.20. The average Bonchev–Trinajstić information content (AvgIpc) is 3.14. The lowest BCUT2D eigenvalue weighted by atomic mass is 10.00. The molecule has 2 aromatic heterocycles. The van der Waals surface area contributed by atoms with E-state index in [2.05, 4.69) is 20.9 Å². The molecule has 8 heteroatoms. The number of benzene rings is 1. The van der Waals surface area contributed by atoms with Crippen LogP contribution >= 0.6 is 0 Å². The number of ether oxygens (including phenoxy) is 1. The molecule has 0 radical (unpaired) electrons. The minimum atomic E-state index is -0.843. The molecule has 3 N–H and O–H groups in total. The Morgan fingerprint density at radius 3 is 2.81 bits per heavy atom. The monoisotopic (exact) mass is 438 g/mol. The topological polar surface area (TPSA) is 109 Å². The van der Waals surface area contributed by atoms with Crippen molar-refractivity contribution in [1.82, 2.24) is 19.9 Å². The first-order chi connectivity index (χ1) is 15.5. The van der Waals surface area contributed by atoms with Crippen molar-refractivity contribution >= 4 is 17.0 Å². The first kappa shape index (κ1) is 22.2. The molecule has 0 spiro atoms. The summed E-state index contributed by atoms with van der Waals surface area (Å²) in [7, 11) is 0. The molecule has 1 aromatic carbocycles. The Morgan fingerprint density at radius 1 is 1.34 bits per heavy atom. The quantitative estimate of drug-likeness (QED) is 0.499. The second-order valence-electron chi connectivity index (χ2n) is 8.51. The zero-order valence-corrected chi connectivity index (χ0v) is 18.6. The van der Waals surface area contributed by atoms with E-state index < -0.39 is 12.0 Å². The standard InChI is InChI=1S/C24H30N4O4/c1-3-19(24(30)31)25-12-17-4-5-21-20(11-17)27-22(18-10-15(2)23(29)26-13-18)28(21)14-16-6-8-32-9-7-16/h4-5,10-11,13,16,19,25H,3,6-9,12,14H2,1-2H3,(H,26,29)(H,30,31). The van der Waals surface area contributed by atoms with Crippen LogP contribution in [0.2, 0.25) is 0 Å². The van der Waals surface area contributed by atoms with Gasteiger partial charge in [0, 0.05) is 43.6 Å². The Hall–Kier alpha value is -2.97. The van der Waals surface area contributed by atoms with Crippen molar-refractivity contribution in [2.75, 3.05) is 13.2 Å². The predicted octanol–water partition coefficient (Wildman–Crippen LogP) is 3.08. The van der Waals surface area contributed by atoms with Gasteiger partial charge in [-0.05, 0) is 55.9 Å². The van der Waals surface area contributed by atoms with E-state index in [1.165, 1.54) is 0 Å². The Kier molecular flexibility index (Phi) is 6.72. The zero-order valence-electron chi connectivity index (χ0n) is 18.6. The fourth-order valence-corrected chi connectivity index (χ4v) is 4.25.